The third-order valence-corrected chi connectivity index (χ3v) is 6.25. The molecule has 0 radical (unpaired) electrons. The molecule has 0 saturated heterocycles. The number of amides is 2. The lowest BCUT2D eigenvalue weighted by atomic mass is 10.1. The SMILES string of the molecule is O=C(CN1N=C(c2ccccc2)Cn2c(cc3sccc32)C1=O)NCCCn1ccnc1. The number of hydrogen-bond acceptors (Lipinski definition) is 5. The molecule has 0 saturated carbocycles. The number of imidazole rings is 1. The standard InChI is InChI=1S/C23H22N6O2S/c30-22(25-8-4-10-27-11-9-24-16-27)15-29-23(31)20-13-21-19(7-12-32-21)28(20)14-18(26-29)17-5-2-1-3-6-17/h1-3,5-7,9,11-13,16H,4,8,10,14-15H2,(H,25,30). The highest BCUT2D eigenvalue weighted by Gasteiger charge is 2.28. The Hall–Kier alpha value is -3.72. The molecular weight excluding hydrogens is 424 g/mol. The Labute approximate surface area is 188 Å². The summed E-state index contributed by atoms with van der Waals surface area (Å²) >= 11 is 1.60. The summed E-state index contributed by atoms with van der Waals surface area (Å²) in [6.07, 6.45) is 6.13. The minimum atomic E-state index is -0.270. The van der Waals surface area contributed by atoms with E-state index in [0.29, 0.717) is 18.8 Å². The number of fused-ring (bicyclic) bond motifs is 3. The van der Waals surface area contributed by atoms with Gasteiger partial charge in [-0.1, -0.05) is 30.3 Å². The van der Waals surface area contributed by atoms with Crippen LogP contribution in [0.5, 0.6) is 0 Å². The molecule has 8 nitrogen and oxygen atoms in total. The predicted octanol–water partition coefficient (Wildman–Crippen LogP) is 2.97. The maximum Gasteiger partial charge on any atom is 0.291 e. The number of thiophene rings is 1. The van der Waals surface area contributed by atoms with E-state index in [4.69, 9.17) is 0 Å². The molecule has 0 bridgehead atoms. The van der Waals surface area contributed by atoms with Crippen LogP contribution in [0.15, 0.2) is 71.7 Å². The minimum Gasteiger partial charge on any atom is -0.354 e. The van der Waals surface area contributed by atoms with Crippen LogP contribution < -0.4 is 5.32 Å². The average Bonchev–Trinajstić information content (AvgIpc) is 3.53. The molecule has 0 fully saturated rings. The Morgan fingerprint density at radius 1 is 1.19 bits per heavy atom. The molecule has 2 amide bonds. The molecule has 0 unspecified atom stereocenters. The summed E-state index contributed by atoms with van der Waals surface area (Å²) in [5, 5.41) is 10.8. The molecule has 0 atom stereocenters. The number of hydrazone groups is 1. The van der Waals surface area contributed by atoms with Gasteiger partial charge in [0.25, 0.3) is 5.91 Å². The second kappa shape index (κ2) is 8.80. The largest absolute Gasteiger partial charge is 0.354 e. The lowest BCUT2D eigenvalue weighted by Crippen LogP contribution is -2.38. The molecule has 3 aromatic heterocycles. The van der Waals surface area contributed by atoms with E-state index in [2.05, 4.69) is 15.4 Å². The number of aromatic nitrogens is 3. The Morgan fingerprint density at radius 3 is 2.88 bits per heavy atom. The van der Waals surface area contributed by atoms with Gasteiger partial charge in [-0.2, -0.15) is 5.10 Å². The highest BCUT2D eigenvalue weighted by atomic mass is 32.1. The van der Waals surface area contributed by atoms with Crippen molar-refractivity contribution in [3.05, 3.63) is 77.8 Å². The smallest absolute Gasteiger partial charge is 0.291 e. The number of hydrogen-bond donors (Lipinski definition) is 1. The molecule has 1 aromatic carbocycles. The van der Waals surface area contributed by atoms with Gasteiger partial charge >= 0.3 is 0 Å². The molecular formula is C23H22N6O2S. The van der Waals surface area contributed by atoms with Crippen LogP contribution in [0.3, 0.4) is 0 Å². The van der Waals surface area contributed by atoms with Crippen LogP contribution in [0, 0.1) is 0 Å². The first kappa shape index (κ1) is 20.2. The van der Waals surface area contributed by atoms with Crippen molar-refractivity contribution in [1.82, 2.24) is 24.4 Å². The Bertz CT molecular complexity index is 1270. The highest BCUT2D eigenvalue weighted by molar-refractivity contribution is 7.17. The molecule has 1 aliphatic rings. The van der Waals surface area contributed by atoms with Gasteiger partial charge in [-0.3, -0.25) is 9.59 Å². The summed E-state index contributed by atoms with van der Waals surface area (Å²) in [4.78, 5) is 29.9. The molecule has 0 spiro atoms. The summed E-state index contributed by atoms with van der Waals surface area (Å²) in [6, 6.07) is 13.7. The van der Waals surface area contributed by atoms with Crippen molar-refractivity contribution in [1.29, 1.82) is 0 Å². The summed E-state index contributed by atoms with van der Waals surface area (Å²) in [5.74, 6) is -0.505. The summed E-state index contributed by atoms with van der Waals surface area (Å²) < 4.78 is 5.00. The number of benzene rings is 1. The van der Waals surface area contributed by atoms with E-state index in [1.165, 1.54) is 5.01 Å². The van der Waals surface area contributed by atoms with Gasteiger partial charge < -0.3 is 14.5 Å². The molecule has 1 N–H and O–H groups in total. The van der Waals surface area contributed by atoms with E-state index >= 15 is 0 Å². The number of nitrogens with one attached hydrogen (secondary N) is 1. The normalized spacial score (nSPS) is 13.7. The number of carbonyl (C=O) groups excluding carboxylic acids is 2. The van der Waals surface area contributed by atoms with E-state index in [1.807, 2.05) is 63.2 Å². The van der Waals surface area contributed by atoms with Crippen LogP contribution in [-0.2, 0) is 17.9 Å². The number of carbonyl (C=O) groups is 2. The zero-order valence-corrected chi connectivity index (χ0v) is 18.2. The van der Waals surface area contributed by atoms with Crippen molar-refractivity contribution in [2.24, 2.45) is 5.10 Å². The summed E-state index contributed by atoms with van der Waals surface area (Å²) in [5.41, 5.74) is 3.23. The maximum absolute atomic E-state index is 13.3. The van der Waals surface area contributed by atoms with Crippen LogP contribution >= 0.6 is 11.3 Å². The number of aryl methyl sites for hydroxylation is 1. The van der Waals surface area contributed by atoms with Gasteiger partial charge in [0.05, 0.1) is 28.8 Å². The fraction of sp³-hybridized carbons (Fsp3) is 0.217. The fourth-order valence-electron chi connectivity index (χ4n) is 3.82. The topological polar surface area (TPSA) is 84.5 Å². The Morgan fingerprint density at radius 2 is 2.06 bits per heavy atom. The number of rotatable bonds is 7. The zero-order chi connectivity index (χ0) is 21.9. The monoisotopic (exact) mass is 446 g/mol. The van der Waals surface area contributed by atoms with Crippen LogP contribution in [0.1, 0.15) is 22.5 Å². The quantitative estimate of drug-likeness (QED) is 0.443. The van der Waals surface area contributed by atoms with E-state index in [0.717, 1.165) is 34.5 Å². The van der Waals surface area contributed by atoms with Crippen molar-refractivity contribution in [2.45, 2.75) is 19.5 Å². The molecule has 4 aromatic rings. The van der Waals surface area contributed by atoms with E-state index in [1.54, 1.807) is 23.9 Å². The van der Waals surface area contributed by atoms with Gasteiger partial charge in [0.1, 0.15) is 12.2 Å². The minimum absolute atomic E-state index is 0.126. The van der Waals surface area contributed by atoms with Crippen LogP contribution in [0.25, 0.3) is 10.2 Å². The highest BCUT2D eigenvalue weighted by Crippen LogP contribution is 2.28. The lowest BCUT2D eigenvalue weighted by molar-refractivity contribution is -0.121. The van der Waals surface area contributed by atoms with Gasteiger partial charge in [-0.15, -0.1) is 11.3 Å². The maximum atomic E-state index is 13.3. The predicted molar refractivity (Wildman–Crippen MR) is 124 cm³/mol. The Balaban J connectivity index is 1.35. The van der Waals surface area contributed by atoms with Crippen molar-refractivity contribution in [3.63, 3.8) is 0 Å². The molecule has 4 heterocycles. The first-order valence-corrected chi connectivity index (χ1v) is 11.3. The molecule has 5 rings (SSSR count). The molecule has 1 aliphatic heterocycles. The third-order valence-electron chi connectivity index (χ3n) is 5.40. The van der Waals surface area contributed by atoms with E-state index < -0.39 is 0 Å². The van der Waals surface area contributed by atoms with E-state index in [-0.39, 0.29) is 18.4 Å². The van der Waals surface area contributed by atoms with Gasteiger partial charge in [0.2, 0.25) is 5.91 Å². The van der Waals surface area contributed by atoms with Gasteiger partial charge in [0.15, 0.2) is 0 Å². The average molecular weight is 447 g/mol. The van der Waals surface area contributed by atoms with Crippen LogP contribution in [0.2, 0.25) is 0 Å². The molecule has 162 valence electrons. The zero-order valence-electron chi connectivity index (χ0n) is 17.3. The van der Waals surface area contributed by atoms with E-state index in [9.17, 15) is 9.59 Å². The third kappa shape index (κ3) is 4.06. The molecule has 9 heteroatoms. The second-order valence-electron chi connectivity index (χ2n) is 7.57. The first-order chi connectivity index (χ1) is 15.7. The van der Waals surface area contributed by atoms with Crippen molar-refractivity contribution >= 4 is 39.1 Å². The van der Waals surface area contributed by atoms with Crippen molar-refractivity contribution in [2.75, 3.05) is 13.1 Å². The van der Waals surface area contributed by atoms with Crippen LogP contribution in [-0.4, -0.2) is 49.7 Å². The van der Waals surface area contributed by atoms with Gasteiger partial charge in [-0.05, 0) is 29.5 Å². The van der Waals surface area contributed by atoms with Crippen LogP contribution in [0.4, 0.5) is 0 Å². The number of nitrogens with zero attached hydrogens (tertiary/aromatic N) is 5. The lowest BCUT2D eigenvalue weighted by Gasteiger charge is -2.16. The summed E-state index contributed by atoms with van der Waals surface area (Å²) in [7, 11) is 0. The fourth-order valence-corrected chi connectivity index (χ4v) is 4.64. The van der Waals surface area contributed by atoms with Crippen molar-refractivity contribution < 1.29 is 9.59 Å². The van der Waals surface area contributed by atoms with Gasteiger partial charge in [0, 0.05) is 25.5 Å². The Kier molecular flexibility index (Phi) is 5.55. The molecule has 0 aliphatic carbocycles. The first-order valence-electron chi connectivity index (χ1n) is 10.4. The van der Waals surface area contributed by atoms with Gasteiger partial charge in [-0.25, -0.2) is 9.99 Å². The summed E-state index contributed by atoms with van der Waals surface area (Å²) in [6.45, 7) is 1.62. The second-order valence-corrected chi connectivity index (χ2v) is 8.51. The van der Waals surface area contributed by atoms with Crippen molar-refractivity contribution in [3.8, 4) is 0 Å². The molecule has 32 heavy (non-hydrogen) atoms.